The fourth-order valence-electron chi connectivity index (χ4n) is 1.10. The monoisotopic (exact) mass is 187 g/mol. The Morgan fingerprint density at radius 2 is 1.46 bits per heavy atom. The van der Waals surface area contributed by atoms with Crippen molar-refractivity contribution >= 4 is 0 Å². The third-order valence-corrected chi connectivity index (χ3v) is 2.06. The van der Waals surface area contributed by atoms with E-state index in [0.717, 1.165) is 31.8 Å². The lowest BCUT2D eigenvalue weighted by atomic mass is 9.94. The molecule has 1 heterocycles. The molecule has 1 aliphatic heterocycles. The van der Waals surface area contributed by atoms with Gasteiger partial charge in [0.25, 0.3) is 0 Å². The Labute approximate surface area is 82.9 Å². The third-order valence-electron chi connectivity index (χ3n) is 2.06. The van der Waals surface area contributed by atoms with Crippen LogP contribution in [0.15, 0.2) is 0 Å². The minimum Gasteiger partial charge on any atom is -0.390 e. The molecule has 0 unspecified atom stereocenters. The van der Waals surface area contributed by atoms with Crippen molar-refractivity contribution in [1.82, 2.24) is 4.90 Å². The molecule has 1 rings (SSSR count). The Hall–Kier alpha value is -0.0800. The van der Waals surface area contributed by atoms with E-state index in [1.54, 1.807) is 0 Å². The van der Waals surface area contributed by atoms with E-state index in [2.05, 4.69) is 32.7 Å². The summed E-state index contributed by atoms with van der Waals surface area (Å²) in [5.74, 6) is 0.833. The molecule has 13 heavy (non-hydrogen) atoms. The van der Waals surface area contributed by atoms with Crippen molar-refractivity contribution in [1.29, 1.82) is 0 Å². The molecule has 0 amide bonds. The average Bonchev–Trinajstić information content (AvgIpc) is 1.95. The van der Waals surface area contributed by atoms with Crippen molar-refractivity contribution < 1.29 is 5.11 Å². The molecule has 2 nitrogen and oxygen atoms in total. The van der Waals surface area contributed by atoms with Gasteiger partial charge in [0.05, 0.1) is 5.60 Å². The summed E-state index contributed by atoms with van der Waals surface area (Å²) in [6.45, 7) is 10.5. The predicted octanol–water partition coefficient (Wildman–Crippen LogP) is 2.13. The van der Waals surface area contributed by atoms with E-state index in [0.29, 0.717) is 0 Å². The lowest BCUT2D eigenvalue weighted by molar-refractivity contribution is 0.001000. The number of nitrogens with zero attached hydrogens (tertiary/aromatic N) is 1. The molecule has 0 aliphatic carbocycles. The number of aliphatic hydroxyl groups is 1. The Balaban J connectivity index is 0.000000310. The lowest BCUT2D eigenvalue weighted by Crippen LogP contribution is -2.40. The Morgan fingerprint density at radius 1 is 1.15 bits per heavy atom. The first-order valence-electron chi connectivity index (χ1n) is 5.24. The molecule has 0 aromatic heterocycles. The van der Waals surface area contributed by atoms with Gasteiger partial charge in [-0.1, -0.05) is 20.8 Å². The van der Waals surface area contributed by atoms with Gasteiger partial charge in [-0.15, -0.1) is 0 Å². The highest BCUT2D eigenvalue weighted by molar-refractivity contribution is 4.79. The van der Waals surface area contributed by atoms with E-state index in [4.69, 9.17) is 0 Å². The second kappa shape index (κ2) is 5.61. The van der Waals surface area contributed by atoms with Crippen LogP contribution in [0.2, 0.25) is 0 Å². The minimum atomic E-state index is -0.382. The summed E-state index contributed by atoms with van der Waals surface area (Å²) < 4.78 is 0. The summed E-state index contributed by atoms with van der Waals surface area (Å²) in [4.78, 5) is 2.25. The van der Waals surface area contributed by atoms with E-state index in [1.165, 1.54) is 0 Å². The highest BCUT2D eigenvalue weighted by atomic mass is 16.3. The molecule has 0 spiro atoms. The fourth-order valence-corrected chi connectivity index (χ4v) is 1.10. The quantitative estimate of drug-likeness (QED) is 0.628. The van der Waals surface area contributed by atoms with Crippen molar-refractivity contribution in [3.05, 3.63) is 0 Å². The topological polar surface area (TPSA) is 23.5 Å². The van der Waals surface area contributed by atoms with Gasteiger partial charge in [-0.25, -0.2) is 0 Å². The van der Waals surface area contributed by atoms with Crippen LogP contribution in [0.25, 0.3) is 0 Å². The van der Waals surface area contributed by atoms with Crippen LogP contribution in [0.5, 0.6) is 0 Å². The van der Waals surface area contributed by atoms with E-state index >= 15 is 0 Å². The number of piperidine rings is 1. The van der Waals surface area contributed by atoms with Crippen LogP contribution in [0.4, 0.5) is 0 Å². The number of rotatable bonds is 0. The Bertz CT molecular complexity index is 119. The largest absolute Gasteiger partial charge is 0.390 e. The zero-order valence-electron chi connectivity index (χ0n) is 9.80. The molecule has 80 valence electrons. The van der Waals surface area contributed by atoms with Crippen LogP contribution < -0.4 is 0 Å². The van der Waals surface area contributed by atoms with Crippen molar-refractivity contribution in [3.63, 3.8) is 0 Å². The molecule has 0 bridgehead atoms. The van der Waals surface area contributed by atoms with Gasteiger partial charge in [-0.05, 0) is 32.7 Å². The van der Waals surface area contributed by atoms with Crippen molar-refractivity contribution in [2.24, 2.45) is 5.92 Å². The van der Waals surface area contributed by atoms with Crippen LogP contribution in [0.3, 0.4) is 0 Å². The third kappa shape index (κ3) is 8.26. The number of likely N-dealkylation sites (tertiary alicyclic amines) is 1. The van der Waals surface area contributed by atoms with Crippen LogP contribution >= 0.6 is 0 Å². The van der Waals surface area contributed by atoms with Gasteiger partial charge in [-0.2, -0.15) is 0 Å². The molecular formula is C11H25NO. The van der Waals surface area contributed by atoms with Gasteiger partial charge in [0, 0.05) is 13.1 Å². The average molecular weight is 187 g/mol. The van der Waals surface area contributed by atoms with Crippen molar-refractivity contribution in [3.8, 4) is 0 Å². The van der Waals surface area contributed by atoms with E-state index in [-0.39, 0.29) is 5.60 Å². The first-order valence-corrected chi connectivity index (χ1v) is 5.24. The predicted molar refractivity (Wildman–Crippen MR) is 57.9 cm³/mol. The molecule has 0 aromatic carbocycles. The van der Waals surface area contributed by atoms with Crippen molar-refractivity contribution in [2.75, 3.05) is 20.1 Å². The summed E-state index contributed by atoms with van der Waals surface area (Å²) in [5.41, 5.74) is -0.382. The maximum atomic E-state index is 9.47. The summed E-state index contributed by atoms with van der Waals surface area (Å²) >= 11 is 0. The van der Waals surface area contributed by atoms with Gasteiger partial charge in [0.15, 0.2) is 0 Å². The van der Waals surface area contributed by atoms with Crippen molar-refractivity contribution in [2.45, 2.75) is 46.1 Å². The zero-order valence-corrected chi connectivity index (χ0v) is 9.80. The summed E-state index contributed by atoms with van der Waals surface area (Å²) in [6, 6.07) is 0. The molecule has 1 fully saturated rings. The zero-order chi connectivity index (χ0) is 10.5. The molecular weight excluding hydrogens is 162 g/mol. The van der Waals surface area contributed by atoms with Gasteiger partial charge >= 0.3 is 0 Å². The second-order valence-electron chi connectivity index (χ2n) is 5.03. The lowest BCUT2D eigenvalue weighted by Gasteiger charge is -2.33. The minimum absolute atomic E-state index is 0.382. The molecule has 0 saturated carbocycles. The standard InChI is InChI=1S/C7H15NO.C4H10/c1-7(9)3-5-8(2)6-4-7;1-4(2)3/h9H,3-6H2,1-2H3;4H,1-3H3. The molecule has 0 atom stereocenters. The summed E-state index contributed by atoms with van der Waals surface area (Å²) in [5, 5.41) is 9.47. The molecule has 1 aliphatic rings. The van der Waals surface area contributed by atoms with Crippen LogP contribution in [-0.4, -0.2) is 35.7 Å². The first-order chi connectivity index (χ1) is 5.83. The Morgan fingerprint density at radius 3 is 1.69 bits per heavy atom. The Kier molecular flexibility index (Phi) is 5.57. The maximum Gasteiger partial charge on any atom is 0.0644 e. The van der Waals surface area contributed by atoms with Crippen LogP contribution in [0, 0.1) is 5.92 Å². The van der Waals surface area contributed by atoms with Gasteiger partial charge in [-0.3, -0.25) is 0 Å². The van der Waals surface area contributed by atoms with Gasteiger partial charge < -0.3 is 10.0 Å². The fraction of sp³-hybridized carbons (Fsp3) is 1.00. The van der Waals surface area contributed by atoms with E-state index in [9.17, 15) is 5.11 Å². The smallest absolute Gasteiger partial charge is 0.0644 e. The second-order valence-corrected chi connectivity index (χ2v) is 5.03. The SMILES string of the molecule is CC(C)C.CN1CCC(C)(O)CC1. The van der Waals surface area contributed by atoms with Crippen LogP contribution in [0.1, 0.15) is 40.5 Å². The number of hydrogen-bond acceptors (Lipinski definition) is 2. The maximum absolute atomic E-state index is 9.47. The first kappa shape index (κ1) is 12.9. The molecule has 1 N–H and O–H groups in total. The normalized spacial score (nSPS) is 22.4. The highest BCUT2D eigenvalue weighted by Crippen LogP contribution is 2.19. The molecule has 2 heteroatoms. The van der Waals surface area contributed by atoms with Gasteiger partial charge in [0.2, 0.25) is 0 Å². The highest BCUT2D eigenvalue weighted by Gasteiger charge is 2.24. The summed E-state index contributed by atoms with van der Waals surface area (Å²) in [7, 11) is 2.09. The van der Waals surface area contributed by atoms with E-state index < -0.39 is 0 Å². The molecule has 1 saturated heterocycles. The number of hydrogen-bond donors (Lipinski definition) is 1. The molecule has 0 radical (unpaired) electrons. The van der Waals surface area contributed by atoms with E-state index in [1.807, 2.05) is 6.92 Å². The van der Waals surface area contributed by atoms with Crippen LogP contribution in [-0.2, 0) is 0 Å². The van der Waals surface area contributed by atoms with Gasteiger partial charge in [0.1, 0.15) is 0 Å². The summed E-state index contributed by atoms with van der Waals surface area (Å²) in [6.07, 6.45) is 1.84. The molecule has 0 aromatic rings.